The predicted octanol–water partition coefficient (Wildman–Crippen LogP) is 1.26. The van der Waals surface area contributed by atoms with Crippen LogP contribution in [0.25, 0.3) is 0 Å². The molecule has 0 saturated carbocycles. The minimum absolute atomic E-state index is 0.371. The SMILES string of the molecule is Nc1ccccc1NC(=O)N1CSC[C@H]1C(=O)O. The Morgan fingerprint density at radius 3 is 2.83 bits per heavy atom. The largest absolute Gasteiger partial charge is 0.480 e. The fraction of sp³-hybridized carbons (Fsp3) is 0.273. The van der Waals surface area contributed by atoms with Crippen molar-refractivity contribution in [2.75, 3.05) is 22.7 Å². The number of urea groups is 1. The summed E-state index contributed by atoms with van der Waals surface area (Å²) in [4.78, 5) is 24.2. The lowest BCUT2D eigenvalue weighted by Gasteiger charge is -2.21. The molecular formula is C11H13N3O3S. The zero-order valence-corrected chi connectivity index (χ0v) is 10.3. The van der Waals surface area contributed by atoms with Crippen molar-refractivity contribution in [3.8, 4) is 0 Å². The molecular weight excluding hydrogens is 254 g/mol. The van der Waals surface area contributed by atoms with Crippen molar-refractivity contribution in [3.63, 3.8) is 0 Å². The third-order valence-electron chi connectivity index (χ3n) is 2.63. The molecule has 0 bridgehead atoms. The number of thioether (sulfide) groups is 1. The van der Waals surface area contributed by atoms with Crippen LogP contribution in [0, 0.1) is 0 Å². The summed E-state index contributed by atoms with van der Waals surface area (Å²) in [5.41, 5.74) is 6.65. The van der Waals surface area contributed by atoms with Crippen LogP contribution in [-0.4, -0.2) is 39.7 Å². The second-order valence-electron chi connectivity index (χ2n) is 3.84. The van der Waals surface area contributed by atoms with Gasteiger partial charge in [0.25, 0.3) is 0 Å². The van der Waals surface area contributed by atoms with Crippen LogP contribution in [-0.2, 0) is 4.79 Å². The first-order chi connectivity index (χ1) is 8.59. The molecule has 1 aromatic carbocycles. The van der Waals surface area contributed by atoms with Crippen LogP contribution in [0.1, 0.15) is 0 Å². The number of carboxylic acid groups (broad SMARTS) is 1. The number of rotatable bonds is 2. The quantitative estimate of drug-likeness (QED) is 0.701. The first-order valence-electron chi connectivity index (χ1n) is 5.32. The van der Waals surface area contributed by atoms with Gasteiger partial charge in [0.05, 0.1) is 17.3 Å². The summed E-state index contributed by atoms with van der Waals surface area (Å²) < 4.78 is 0. The summed E-state index contributed by atoms with van der Waals surface area (Å²) in [5.74, 6) is -0.209. The molecule has 1 aliphatic rings. The van der Waals surface area contributed by atoms with E-state index in [0.29, 0.717) is 23.0 Å². The van der Waals surface area contributed by atoms with Gasteiger partial charge in [-0.05, 0) is 12.1 Å². The molecule has 96 valence electrons. The van der Waals surface area contributed by atoms with Crippen LogP contribution >= 0.6 is 11.8 Å². The Morgan fingerprint density at radius 1 is 1.44 bits per heavy atom. The maximum Gasteiger partial charge on any atom is 0.327 e. The second-order valence-corrected chi connectivity index (χ2v) is 4.84. The normalized spacial score (nSPS) is 18.7. The summed E-state index contributed by atoms with van der Waals surface area (Å²) in [7, 11) is 0. The lowest BCUT2D eigenvalue weighted by atomic mass is 10.2. The number of carboxylic acids is 1. The molecule has 1 aromatic rings. The van der Waals surface area contributed by atoms with Crippen molar-refractivity contribution in [2.24, 2.45) is 0 Å². The Labute approximate surface area is 108 Å². The highest BCUT2D eigenvalue weighted by molar-refractivity contribution is 7.99. The lowest BCUT2D eigenvalue weighted by molar-refractivity contribution is -0.140. The van der Waals surface area contributed by atoms with Gasteiger partial charge in [0.2, 0.25) is 0 Å². The van der Waals surface area contributed by atoms with Crippen LogP contribution in [0.5, 0.6) is 0 Å². The molecule has 0 spiro atoms. The number of aliphatic carboxylic acids is 1. The Morgan fingerprint density at radius 2 is 2.17 bits per heavy atom. The van der Waals surface area contributed by atoms with E-state index in [0.717, 1.165) is 0 Å². The first kappa shape index (κ1) is 12.6. The number of nitrogen functional groups attached to an aromatic ring is 1. The van der Waals surface area contributed by atoms with Gasteiger partial charge in [-0.2, -0.15) is 0 Å². The van der Waals surface area contributed by atoms with E-state index < -0.39 is 18.0 Å². The highest BCUT2D eigenvalue weighted by Gasteiger charge is 2.34. The number of benzene rings is 1. The fourth-order valence-corrected chi connectivity index (χ4v) is 2.79. The van der Waals surface area contributed by atoms with Crippen molar-refractivity contribution < 1.29 is 14.7 Å². The number of carbonyl (C=O) groups is 2. The van der Waals surface area contributed by atoms with Gasteiger partial charge in [-0.3, -0.25) is 0 Å². The van der Waals surface area contributed by atoms with Crippen LogP contribution in [0.3, 0.4) is 0 Å². The molecule has 4 N–H and O–H groups in total. The van der Waals surface area contributed by atoms with Crippen molar-refractivity contribution >= 4 is 35.1 Å². The van der Waals surface area contributed by atoms with Gasteiger partial charge in [-0.25, -0.2) is 9.59 Å². The fourth-order valence-electron chi connectivity index (χ4n) is 1.65. The average molecular weight is 267 g/mol. The smallest absolute Gasteiger partial charge is 0.327 e. The maximum atomic E-state index is 12.0. The number of nitrogens with two attached hydrogens (primary N) is 1. The zero-order chi connectivity index (χ0) is 13.1. The minimum atomic E-state index is -0.990. The third-order valence-corrected chi connectivity index (χ3v) is 3.64. The lowest BCUT2D eigenvalue weighted by Crippen LogP contribution is -2.44. The van der Waals surface area contributed by atoms with Gasteiger partial charge in [-0.1, -0.05) is 12.1 Å². The standard InChI is InChI=1S/C11H13N3O3S/c12-7-3-1-2-4-8(7)13-11(17)14-6-18-5-9(14)10(15)16/h1-4,9H,5-6,12H2,(H,13,17)(H,15,16)/t9-/m0/s1. The van der Waals surface area contributed by atoms with E-state index in [9.17, 15) is 9.59 Å². The molecule has 2 amide bonds. The first-order valence-corrected chi connectivity index (χ1v) is 6.47. The molecule has 1 atom stereocenters. The van der Waals surface area contributed by atoms with Crippen molar-refractivity contribution in [2.45, 2.75) is 6.04 Å². The highest BCUT2D eigenvalue weighted by atomic mass is 32.2. The van der Waals surface area contributed by atoms with Crippen LogP contribution in [0.15, 0.2) is 24.3 Å². The van der Waals surface area contributed by atoms with E-state index in [1.807, 2.05) is 0 Å². The number of nitrogens with zero attached hydrogens (tertiary/aromatic N) is 1. The molecule has 7 heteroatoms. The van der Waals surface area contributed by atoms with E-state index in [-0.39, 0.29) is 0 Å². The number of hydrogen-bond acceptors (Lipinski definition) is 4. The van der Waals surface area contributed by atoms with Gasteiger partial charge >= 0.3 is 12.0 Å². The van der Waals surface area contributed by atoms with Crippen molar-refractivity contribution in [3.05, 3.63) is 24.3 Å². The topological polar surface area (TPSA) is 95.7 Å². The van der Waals surface area contributed by atoms with E-state index >= 15 is 0 Å². The predicted molar refractivity (Wildman–Crippen MR) is 70.5 cm³/mol. The van der Waals surface area contributed by atoms with E-state index in [4.69, 9.17) is 10.8 Å². The average Bonchev–Trinajstić information content (AvgIpc) is 2.81. The highest BCUT2D eigenvalue weighted by Crippen LogP contribution is 2.23. The zero-order valence-electron chi connectivity index (χ0n) is 9.50. The molecule has 2 rings (SSSR count). The Kier molecular flexibility index (Phi) is 3.61. The van der Waals surface area contributed by atoms with Gasteiger partial charge in [0, 0.05) is 5.75 Å². The molecule has 0 aromatic heterocycles. The Hall–Kier alpha value is -1.89. The molecule has 0 aliphatic carbocycles. The van der Waals surface area contributed by atoms with Gasteiger partial charge in [-0.15, -0.1) is 11.8 Å². The van der Waals surface area contributed by atoms with Gasteiger partial charge in [0.15, 0.2) is 0 Å². The van der Waals surface area contributed by atoms with E-state index in [1.54, 1.807) is 24.3 Å². The molecule has 6 nitrogen and oxygen atoms in total. The third kappa shape index (κ3) is 2.51. The number of amides is 2. The molecule has 1 aliphatic heterocycles. The maximum absolute atomic E-state index is 12.0. The Bertz CT molecular complexity index is 480. The number of para-hydroxylation sites is 2. The van der Waals surface area contributed by atoms with Gasteiger partial charge in [0.1, 0.15) is 6.04 Å². The second kappa shape index (κ2) is 5.18. The number of anilines is 2. The number of carbonyl (C=O) groups excluding carboxylic acids is 1. The monoisotopic (exact) mass is 267 g/mol. The number of nitrogens with one attached hydrogen (secondary N) is 1. The van der Waals surface area contributed by atoms with E-state index in [2.05, 4.69) is 5.32 Å². The molecule has 1 saturated heterocycles. The van der Waals surface area contributed by atoms with Crippen LogP contribution in [0.4, 0.5) is 16.2 Å². The molecule has 1 heterocycles. The summed E-state index contributed by atoms with van der Waals surface area (Å²) in [6, 6.07) is 5.64. The van der Waals surface area contributed by atoms with Crippen LogP contribution in [0.2, 0.25) is 0 Å². The van der Waals surface area contributed by atoms with Crippen molar-refractivity contribution in [1.29, 1.82) is 0 Å². The van der Waals surface area contributed by atoms with Crippen LogP contribution < -0.4 is 11.1 Å². The number of hydrogen-bond donors (Lipinski definition) is 3. The van der Waals surface area contributed by atoms with E-state index in [1.165, 1.54) is 16.7 Å². The van der Waals surface area contributed by atoms with Gasteiger partial charge < -0.3 is 21.1 Å². The summed E-state index contributed by atoms with van der Waals surface area (Å²) in [6.07, 6.45) is 0. The van der Waals surface area contributed by atoms with Crippen molar-refractivity contribution in [1.82, 2.24) is 4.90 Å². The summed E-state index contributed by atoms with van der Waals surface area (Å²) in [6.45, 7) is 0. The summed E-state index contributed by atoms with van der Waals surface area (Å²) in [5, 5.41) is 11.6. The minimum Gasteiger partial charge on any atom is -0.480 e. The molecule has 0 unspecified atom stereocenters. The summed E-state index contributed by atoms with van der Waals surface area (Å²) >= 11 is 1.41. The molecule has 18 heavy (non-hydrogen) atoms. The Balaban J connectivity index is 2.08. The molecule has 1 fully saturated rings. The molecule has 0 radical (unpaired) electrons.